The standard InChI is InChI=1S/C17H26N2OS/c1-17(2,13-6-4-8-18-10-13)16(20)19-11-14-9-12-5-3-7-15(12)21-14/h9,13,18H,3-8,10-11H2,1-2H3,(H,19,20). The summed E-state index contributed by atoms with van der Waals surface area (Å²) in [5.74, 6) is 0.643. The summed E-state index contributed by atoms with van der Waals surface area (Å²) < 4.78 is 0. The highest BCUT2D eigenvalue weighted by atomic mass is 32.1. The average molecular weight is 306 g/mol. The number of amides is 1. The van der Waals surface area contributed by atoms with Crippen molar-refractivity contribution in [3.63, 3.8) is 0 Å². The van der Waals surface area contributed by atoms with Gasteiger partial charge in [0.15, 0.2) is 0 Å². The highest BCUT2D eigenvalue weighted by Gasteiger charge is 2.37. The van der Waals surface area contributed by atoms with Gasteiger partial charge in [0.1, 0.15) is 0 Å². The van der Waals surface area contributed by atoms with Crippen molar-refractivity contribution in [2.24, 2.45) is 11.3 Å². The fourth-order valence-electron chi connectivity index (χ4n) is 3.53. The monoisotopic (exact) mass is 306 g/mol. The second-order valence-electron chi connectivity index (χ2n) is 6.96. The first-order valence-corrected chi connectivity index (χ1v) is 8.98. The Labute approximate surface area is 131 Å². The lowest BCUT2D eigenvalue weighted by molar-refractivity contribution is -0.132. The lowest BCUT2D eigenvalue weighted by Crippen LogP contribution is -2.47. The molecule has 1 aliphatic heterocycles. The van der Waals surface area contributed by atoms with E-state index < -0.39 is 0 Å². The predicted molar refractivity (Wildman–Crippen MR) is 87.6 cm³/mol. The molecule has 1 aromatic heterocycles. The Hall–Kier alpha value is -0.870. The van der Waals surface area contributed by atoms with E-state index >= 15 is 0 Å². The largest absolute Gasteiger partial charge is 0.351 e. The minimum Gasteiger partial charge on any atom is -0.351 e. The number of carbonyl (C=O) groups excluding carboxylic acids is 1. The second kappa shape index (κ2) is 6.09. The van der Waals surface area contributed by atoms with Crippen molar-refractivity contribution in [3.8, 4) is 0 Å². The third-order valence-corrected chi connectivity index (χ3v) is 6.36. The maximum Gasteiger partial charge on any atom is 0.226 e. The summed E-state index contributed by atoms with van der Waals surface area (Å²) in [4.78, 5) is 15.4. The number of nitrogens with one attached hydrogen (secondary N) is 2. The van der Waals surface area contributed by atoms with Crippen LogP contribution in [-0.4, -0.2) is 19.0 Å². The lowest BCUT2D eigenvalue weighted by Gasteiger charge is -2.36. The highest BCUT2D eigenvalue weighted by molar-refractivity contribution is 7.12. The van der Waals surface area contributed by atoms with E-state index in [1.54, 1.807) is 0 Å². The normalized spacial score (nSPS) is 22.1. The van der Waals surface area contributed by atoms with Crippen LogP contribution in [0.2, 0.25) is 0 Å². The molecule has 21 heavy (non-hydrogen) atoms. The molecule has 4 heteroatoms. The van der Waals surface area contributed by atoms with Crippen molar-refractivity contribution < 1.29 is 4.79 Å². The molecule has 1 unspecified atom stereocenters. The topological polar surface area (TPSA) is 41.1 Å². The number of hydrogen-bond donors (Lipinski definition) is 2. The SMILES string of the molecule is CC(C)(C(=O)NCc1cc2c(s1)CCC2)C1CCCNC1. The fraction of sp³-hybridized carbons (Fsp3) is 0.706. The molecule has 1 aliphatic carbocycles. The summed E-state index contributed by atoms with van der Waals surface area (Å²) in [6, 6.07) is 2.29. The Morgan fingerprint density at radius 1 is 1.43 bits per heavy atom. The van der Waals surface area contributed by atoms with E-state index in [1.165, 1.54) is 41.0 Å². The minimum atomic E-state index is -0.284. The van der Waals surface area contributed by atoms with Crippen molar-refractivity contribution >= 4 is 17.2 Å². The Kier molecular flexibility index (Phi) is 4.36. The number of rotatable bonds is 4. The van der Waals surface area contributed by atoms with Gasteiger partial charge in [-0.3, -0.25) is 4.79 Å². The summed E-state index contributed by atoms with van der Waals surface area (Å²) in [7, 11) is 0. The number of piperidine rings is 1. The van der Waals surface area contributed by atoms with Crippen molar-refractivity contribution in [1.82, 2.24) is 10.6 Å². The van der Waals surface area contributed by atoms with E-state index in [-0.39, 0.29) is 11.3 Å². The van der Waals surface area contributed by atoms with E-state index in [0.29, 0.717) is 12.5 Å². The number of thiophene rings is 1. The van der Waals surface area contributed by atoms with Gasteiger partial charge in [0, 0.05) is 15.2 Å². The molecule has 1 aromatic rings. The zero-order chi connectivity index (χ0) is 14.9. The summed E-state index contributed by atoms with van der Waals surface area (Å²) in [6.45, 7) is 6.94. The van der Waals surface area contributed by atoms with Crippen molar-refractivity contribution in [2.45, 2.75) is 52.5 Å². The molecule has 0 aromatic carbocycles. The predicted octanol–water partition coefficient (Wildman–Crippen LogP) is 2.88. The van der Waals surface area contributed by atoms with Crippen LogP contribution in [-0.2, 0) is 24.2 Å². The van der Waals surface area contributed by atoms with Crippen molar-refractivity contribution in [1.29, 1.82) is 0 Å². The first kappa shape index (κ1) is 15.0. The van der Waals surface area contributed by atoms with Gasteiger partial charge in [0.2, 0.25) is 5.91 Å². The van der Waals surface area contributed by atoms with E-state index in [0.717, 1.165) is 19.5 Å². The van der Waals surface area contributed by atoms with Gasteiger partial charge >= 0.3 is 0 Å². The molecule has 116 valence electrons. The molecule has 2 N–H and O–H groups in total. The fourth-order valence-corrected chi connectivity index (χ4v) is 4.73. The summed E-state index contributed by atoms with van der Waals surface area (Å²) in [6.07, 6.45) is 6.08. The van der Waals surface area contributed by atoms with E-state index in [2.05, 4.69) is 30.5 Å². The number of fused-ring (bicyclic) bond motifs is 1. The molecule has 0 radical (unpaired) electrons. The number of carbonyl (C=O) groups is 1. The van der Waals surface area contributed by atoms with Gasteiger partial charge in [-0.1, -0.05) is 13.8 Å². The molecular weight excluding hydrogens is 280 g/mol. The summed E-state index contributed by atoms with van der Waals surface area (Å²) >= 11 is 1.88. The lowest BCUT2D eigenvalue weighted by atomic mass is 9.74. The van der Waals surface area contributed by atoms with Crippen LogP contribution in [0.25, 0.3) is 0 Å². The maximum absolute atomic E-state index is 12.6. The molecular formula is C17H26N2OS. The Morgan fingerprint density at radius 2 is 2.29 bits per heavy atom. The average Bonchev–Trinajstić information content (AvgIpc) is 3.06. The second-order valence-corrected chi connectivity index (χ2v) is 8.18. The summed E-state index contributed by atoms with van der Waals surface area (Å²) in [5.41, 5.74) is 1.23. The van der Waals surface area contributed by atoms with E-state index in [1.807, 2.05) is 11.3 Å². The molecule has 0 spiro atoms. The van der Waals surface area contributed by atoms with E-state index in [9.17, 15) is 4.79 Å². The van der Waals surface area contributed by atoms with Gasteiger partial charge in [-0.2, -0.15) is 0 Å². The first-order chi connectivity index (χ1) is 10.1. The minimum absolute atomic E-state index is 0.199. The van der Waals surface area contributed by atoms with Crippen LogP contribution in [0.5, 0.6) is 0 Å². The summed E-state index contributed by atoms with van der Waals surface area (Å²) in [5, 5.41) is 6.59. The van der Waals surface area contributed by atoms with Gasteiger partial charge in [-0.25, -0.2) is 0 Å². The smallest absolute Gasteiger partial charge is 0.226 e. The highest BCUT2D eigenvalue weighted by Crippen LogP contribution is 2.33. The van der Waals surface area contributed by atoms with Crippen LogP contribution < -0.4 is 10.6 Å². The Morgan fingerprint density at radius 3 is 3.00 bits per heavy atom. The van der Waals surface area contributed by atoms with E-state index in [4.69, 9.17) is 0 Å². The molecule has 2 aliphatic rings. The van der Waals surface area contributed by atoms with Gasteiger partial charge in [-0.05, 0) is 62.7 Å². The quantitative estimate of drug-likeness (QED) is 0.898. The van der Waals surface area contributed by atoms with Crippen molar-refractivity contribution in [3.05, 3.63) is 21.4 Å². The Balaban J connectivity index is 1.57. The van der Waals surface area contributed by atoms with Crippen LogP contribution in [0.4, 0.5) is 0 Å². The van der Waals surface area contributed by atoms with Crippen LogP contribution in [0.1, 0.15) is 48.4 Å². The number of aryl methyl sites for hydroxylation is 2. The van der Waals surface area contributed by atoms with Crippen molar-refractivity contribution in [2.75, 3.05) is 13.1 Å². The molecule has 1 fully saturated rings. The van der Waals surface area contributed by atoms with Gasteiger partial charge in [0.25, 0.3) is 0 Å². The molecule has 3 nitrogen and oxygen atoms in total. The molecule has 1 atom stereocenters. The van der Waals surface area contributed by atoms with Gasteiger partial charge in [0.05, 0.1) is 6.54 Å². The Bertz CT molecular complexity index is 493. The molecule has 3 rings (SSSR count). The molecule has 1 saturated heterocycles. The molecule has 2 heterocycles. The molecule has 0 saturated carbocycles. The third-order valence-electron chi connectivity index (χ3n) is 5.12. The zero-order valence-corrected chi connectivity index (χ0v) is 13.9. The molecule has 0 bridgehead atoms. The van der Waals surface area contributed by atoms with Crippen LogP contribution >= 0.6 is 11.3 Å². The van der Waals surface area contributed by atoms with Gasteiger partial charge in [-0.15, -0.1) is 11.3 Å². The maximum atomic E-state index is 12.6. The van der Waals surface area contributed by atoms with Gasteiger partial charge < -0.3 is 10.6 Å². The number of hydrogen-bond acceptors (Lipinski definition) is 3. The first-order valence-electron chi connectivity index (χ1n) is 8.17. The van der Waals surface area contributed by atoms with Crippen LogP contribution in [0, 0.1) is 11.3 Å². The zero-order valence-electron chi connectivity index (χ0n) is 13.1. The molecule has 1 amide bonds. The van der Waals surface area contributed by atoms with Crippen LogP contribution in [0.15, 0.2) is 6.07 Å². The van der Waals surface area contributed by atoms with Crippen LogP contribution in [0.3, 0.4) is 0 Å². The third kappa shape index (κ3) is 3.16.